The highest BCUT2D eigenvalue weighted by Gasteiger charge is 2.38. The number of pyridine rings is 1. The zero-order valence-electron chi connectivity index (χ0n) is 30.0. The van der Waals surface area contributed by atoms with Crippen molar-refractivity contribution < 1.29 is 33.9 Å². The van der Waals surface area contributed by atoms with E-state index in [-0.39, 0.29) is 54.3 Å². The lowest BCUT2D eigenvalue weighted by molar-refractivity contribution is -0.139. The van der Waals surface area contributed by atoms with Gasteiger partial charge in [0.1, 0.15) is 6.04 Å². The van der Waals surface area contributed by atoms with Crippen LogP contribution in [0.1, 0.15) is 81.4 Å². The van der Waals surface area contributed by atoms with Gasteiger partial charge in [0.15, 0.2) is 0 Å². The summed E-state index contributed by atoms with van der Waals surface area (Å²) in [6, 6.07) is 8.21. The van der Waals surface area contributed by atoms with Crippen molar-refractivity contribution in [1.29, 1.82) is 0 Å². The lowest BCUT2D eigenvalue weighted by Gasteiger charge is -2.28. The van der Waals surface area contributed by atoms with Crippen LogP contribution in [0.5, 0.6) is 0 Å². The first-order chi connectivity index (χ1) is 25.5. The smallest absolute Gasteiger partial charge is 0.322 e. The highest BCUT2D eigenvalue weighted by molar-refractivity contribution is 8.00. The van der Waals surface area contributed by atoms with Crippen molar-refractivity contribution in [3.8, 4) is 0 Å². The zero-order valence-corrected chi connectivity index (χ0v) is 30.8. The highest BCUT2D eigenvalue weighted by Crippen LogP contribution is 2.27. The van der Waals surface area contributed by atoms with Crippen LogP contribution >= 0.6 is 11.8 Å². The summed E-state index contributed by atoms with van der Waals surface area (Å²) < 4.78 is 0. The Balaban J connectivity index is 0.943. The molecule has 0 aliphatic carbocycles. The summed E-state index contributed by atoms with van der Waals surface area (Å²) in [7, 11) is 0. The van der Waals surface area contributed by atoms with E-state index in [0.29, 0.717) is 64.0 Å². The van der Waals surface area contributed by atoms with Crippen LogP contribution in [0.25, 0.3) is 0 Å². The average Bonchev–Trinajstić information content (AvgIpc) is 3.69. The molecular weight excluding hydrogens is 701 g/mol. The largest absolute Gasteiger partial charge is 0.480 e. The van der Waals surface area contributed by atoms with Gasteiger partial charge in [-0.3, -0.25) is 33.9 Å². The van der Waals surface area contributed by atoms with E-state index in [1.165, 1.54) is 4.90 Å². The minimum absolute atomic E-state index is 0.0158. The first-order valence-corrected chi connectivity index (χ1v) is 19.2. The number of nitrogens with zero attached hydrogens (tertiary/aromatic N) is 5. The number of benzene rings is 1. The van der Waals surface area contributed by atoms with Gasteiger partial charge in [-0.05, 0) is 67.0 Å². The normalized spacial score (nSPS) is 18.9. The van der Waals surface area contributed by atoms with E-state index in [2.05, 4.69) is 15.6 Å². The molecule has 16 heteroatoms. The van der Waals surface area contributed by atoms with Gasteiger partial charge in [-0.25, -0.2) is 9.80 Å². The third-order valence-electron chi connectivity index (χ3n) is 9.56. The Morgan fingerprint density at radius 3 is 2.43 bits per heavy atom. The summed E-state index contributed by atoms with van der Waals surface area (Å²) in [4.78, 5) is 80.7. The van der Waals surface area contributed by atoms with Crippen LogP contribution in [-0.4, -0.2) is 103 Å². The highest BCUT2D eigenvalue weighted by atomic mass is 32.2. The number of hydrogen-bond acceptors (Lipinski definition) is 10. The van der Waals surface area contributed by atoms with Crippen LogP contribution in [0.3, 0.4) is 0 Å². The molecule has 0 saturated carbocycles. The summed E-state index contributed by atoms with van der Waals surface area (Å²) in [5.74, 6) is -1.76. The van der Waals surface area contributed by atoms with Gasteiger partial charge in [-0.2, -0.15) is 5.10 Å². The van der Waals surface area contributed by atoms with Crippen molar-refractivity contribution in [2.75, 3.05) is 30.7 Å². The van der Waals surface area contributed by atoms with E-state index < -0.39 is 17.3 Å². The quantitative estimate of drug-likeness (QED) is 0.129. The van der Waals surface area contributed by atoms with Crippen LogP contribution in [0.15, 0.2) is 47.8 Å². The second kappa shape index (κ2) is 18.8. The molecule has 1 aromatic carbocycles. The standard InChI is InChI=1S/C37H48N8O7S/c1-24-18-33(48)45(42-34(24)25-9-11-28(12-10-25)41-37(52)43-21-26-13-15-39-20-27(26)22-43)17-7-3-5-14-40-31(46)8-4-2-6-16-44-32(47)19-30(35(44)49)53-23-29(38)36(50)51/h9-13,15,20,24,29-30H,2-8,14,16-19,21-23,38H2,1H3,(H,40,46)(H,41,52)(H,50,51)/t24-,29-,30+/m0/s1. The number of carbonyl (C=O) groups excluding carboxylic acids is 5. The fraction of sp³-hybridized carbons (Fsp3) is 0.514. The Bertz CT molecular complexity index is 1680. The number of urea groups is 1. The van der Waals surface area contributed by atoms with Gasteiger partial charge in [0.05, 0.1) is 11.0 Å². The Kier molecular flexibility index (Phi) is 14.0. The number of aliphatic carboxylic acids is 1. The lowest BCUT2D eigenvalue weighted by Crippen LogP contribution is -2.37. The predicted octanol–water partition coefficient (Wildman–Crippen LogP) is 3.32. The molecule has 3 aliphatic rings. The van der Waals surface area contributed by atoms with Gasteiger partial charge in [-0.1, -0.05) is 25.5 Å². The summed E-state index contributed by atoms with van der Waals surface area (Å²) in [6.45, 7) is 4.36. The number of thioether (sulfide) groups is 1. The molecule has 6 amide bonds. The topological polar surface area (TPSA) is 208 Å². The number of aromatic nitrogens is 1. The fourth-order valence-electron chi connectivity index (χ4n) is 6.48. The fourth-order valence-corrected chi connectivity index (χ4v) is 7.59. The molecule has 5 N–H and O–H groups in total. The van der Waals surface area contributed by atoms with E-state index >= 15 is 0 Å². The van der Waals surface area contributed by atoms with E-state index in [1.54, 1.807) is 22.3 Å². The number of likely N-dealkylation sites (tertiary alicyclic amines) is 1. The van der Waals surface area contributed by atoms with E-state index in [1.807, 2.05) is 37.3 Å². The number of nitrogens with one attached hydrogen (secondary N) is 2. The molecule has 0 spiro atoms. The van der Waals surface area contributed by atoms with Crippen LogP contribution in [0.4, 0.5) is 10.5 Å². The number of carboxylic acid groups (broad SMARTS) is 1. The monoisotopic (exact) mass is 748 g/mol. The summed E-state index contributed by atoms with van der Waals surface area (Å²) in [5, 5.41) is 20.5. The van der Waals surface area contributed by atoms with Crippen LogP contribution in [0.2, 0.25) is 0 Å². The van der Waals surface area contributed by atoms with E-state index in [0.717, 1.165) is 53.4 Å². The number of anilines is 1. The number of carboxylic acids is 1. The van der Waals surface area contributed by atoms with Gasteiger partial charge < -0.3 is 26.4 Å². The number of fused-ring (bicyclic) bond motifs is 1. The Hall–Kier alpha value is -4.83. The minimum atomic E-state index is -1.14. The number of amides is 6. The second-order valence-corrected chi connectivity index (χ2v) is 14.9. The number of hydrazone groups is 1. The van der Waals surface area contributed by atoms with Crippen molar-refractivity contribution in [3.63, 3.8) is 0 Å². The molecule has 0 bridgehead atoms. The number of carbonyl (C=O) groups is 6. The lowest BCUT2D eigenvalue weighted by atomic mass is 9.93. The second-order valence-electron chi connectivity index (χ2n) is 13.7. The average molecular weight is 749 g/mol. The molecule has 4 heterocycles. The number of rotatable bonds is 18. The molecule has 1 fully saturated rings. The third-order valence-corrected chi connectivity index (χ3v) is 10.9. The van der Waals surface area contributed by atoms with Crippen LogP contribution in [-0.2, 0) is 37.1 Å². The molecule has 53 heavy (non-hydrogen) atoms. The van der Waals surface area contributed by atoms with Crippen molar-refractivity contribution in [1.82, 2.24) is 25.1 Å². The molecule has 3 aliphatic heterocycles. The predicted molar refractivity (Wildman–Crippen MR) is 199 cm³/mol. The van der Waals surface area contributed by atoms with Crippen LogP contribution in [0, 0.1) is 5.92 Å². The molecular formula is C37H48N8O7S. The molecule has 15 nitrogen and oxygen atoms in total. The Morgan fingerprint density at radius 1 is 0.943 bits per heavy atom. The summed E-state index contributed by atoms with van der Waals surface area (Å²) in [6.07, 6.45) is 8.53. The van der Waals surface area contributed by atoms with Gasteiger partial charge >= 0.3 is 12.0 Å². The maximum atomic E-state index is 12.8. The van der Waals surface area contributed by atoms with Gasteiger partial charge in [0.25, 0.3) is 0 Å². The number of hydrogen-bond donors (Lipinski definition) is 4. The molecule has 1 saturated heterocycles. The van der Waals surface area contributed by atoms with Crippen LogP contribution < -0.4 is 16.4 Å². The van der Waals surface area contributed by atoms with Crippen molar-refractivity contribution in [3.05, 3.63) is 59.4 Å². The first kappa shape index (κ1) is 39.4. The molecule has 2 aromatic rings. The number of unbranched alkanes of at least 4 members (excludes halogenated alkanes) is 4. The number of nitrogens with two attached hydrogens (primary N) is 1. The van der Waals surface area contributed by atoms with Crippen molar-refractivity contribution in [2.45, 2.75) is 89.1 Å². The SMILES string of the molecule is C[C@H]1CC(=O)N(CCCCCNC(=O)CCCCCN2C(=O)C[C@@H](SC[C@H](N)C(=O)O)C2=O)N=C1c1ccc(NC(=O)N2Cc3ccncc3C2)cc1. The Morgan fingerprint density at radius 2 is 1.68 bits per heavy atom. The van der Waals surface area contributed by atoms with Gasteiger partial charge in [-0.15, -0.1) is 11.8 Å². The van der Waals surface area contributed by atoms with E-state index in [4.69, 9.17) is 15.9 Å². The van der Waals surface area contributed by atoms with Gasteiger partial charge in [0, 0.05) is 81.7 Å². The van der Waals surface area contributed by atoms with Crippen molar-refractivity contribution >= 4 is 58.8 Å². The third kappa shape index (κ3) is 10.9. The number of imide groups is 1. The molecule has 0 unspecified atom stereocenters. The molecule has 5 rings (SSSR count). The molecule has 284 valence electrons. The van der Waals surface area contributed by atoms with E-state index in [9.17, 15) is 28.8 Å². The molecule has 3 atom stereocenters. The summed E-state index contributed by atoms with van der Waals surface area (Å²) >= 11 is 1.10. The van der Waals surface area contributed by atoms with Crippen molar-refractivity contribution in [2.24, 2.45) is 16.8 Å². The van der Waals surface area contributed by atoms with Gasteiger partial charge in [0.2, 0.25) is 23.6 Å². The minimum Gasteiger partial charge on any atom is -0.480 e. The summed E-state index contributed by atoms with van der Waals surface area (Å²) in [5.41, 5.74) is 10.1. The maximum absolute atomic E-state index is 12.8. The zero-order chi connectivity index (χ0) is 37.9. The maximum Gasteiger partial charge on any atom is 0.322 e. The molecule has 0 radical (unpaired) electrons. The first-order valence-electron chi connectivity index (χ1n) is 18.2. The Labute approximate surface area is 313 Å². The molecule has 1 aromatic heterocycles.